The first-order valence-electron chi connectivity index (χ1n) is 5.43. The number of rotatable bonds is 1. The molecule has 4 heteroatoms. The van der Waals surface area contributed by atoms with Crippen LogP contribution in [0.1, 0.15) is 38.5 Å². The monoisotopic (exact) mass is 218 g/mol. The third-order valence-corrected chi connectivity index (χ3v) is 6.03. The molecule has 0 N–H and O–H groups in total. The molecule has 0 aliphatic heterocycles. The molecule has 0 aromatic heterocycles. The van der Waals surface area contributed by atoms with Crippen LogP contribution in [0, 0.1) is 17.8 Å². The van der Waals surface area contributed by atoms with Crippen molar-refractivity contribution in [1.29, 1.82) is 0 Å². The molecule has 4 aliphatic carbocycles. The molecule has 0 radical (unpaired) electrons. The van der Waals surface area contributed by atoms with Gasteiger partial charge in [0.2, 0.25) is 0 Å². The molecule has 0 spiro atoms. The van der Waals surface area contributed by atoms with E-state index in [-0.39, 0.29) is 0 Å². The summed E-state index contributed by atoms with van der Waals surface area (Å²) < 4.78 is 34.8. The molecule has 80 valence electrons. The van der Waals surface area contributed by atoms with Crippen LogP contribution < -0.4 is 0 Å². The Morgan fingerprint density at radius 2 is 1.29 bits per heavy atom. The molecule has 4 saturated carbocycles. The largest absolute Gasteiger partial charge is 0.308 e. The average molecular weight is 218 g/mol. The topological polar surface area (TPSA) is 34.1 Å². The summed E-state index contributed by atoms with van der Waals surface area (Å²) in [5.74, 6) is 1.48. The van der Waals surface area contributed by atoms with Crippen LogP contribution in [0.15, 0.2) is 0 Å². The van der Waals surface area contributed by atoms with Crippen LogP contribution in [0.2, 0.25) is 0 Å². The Morgan fingerprint density at radius 1 is 0.929 bits per heavy atom. The first-order chi connectivity index (χ1) is 6.48. The summed E-state index contributed by atoms with van der Waals surface area (Å²) in [5.41, 5.74) is 0. The van der Waals surface area contributed by atoms with Gasteiger partial charge in [-0.1, -0.05) is 0 Å². The van der Waals surface area contributed by atoms with E-state index in [4.69, 9.17) is 0 Å². The fraction of sp³-hybridized carbons (Fsp3) is 1.00. The molecular weight excluding hydrogens is 203 g/mol. The minimum absolute atomic E-state index is 0.492. The lowest BCUT2D eigenvalue weighted by atomic mass is 9.56. The highest BCUT2D eigenvalue weighted by Crippen LogP contribution is 2.58. The summed E-state index contributed by atoms with van der Waals surface area (Å²) in [6, 6.07) is 0. The second-order valence-corrected chi connectivity index (χ2v) is 7.28. The van der Waals surface area contributed by atoms with Crippen LogP contribution in [0.5, 0.6) is 0 Å². The first kappa shape index (κ1) is 9.13. The maximum absolute atomic E-state index is 13.3. The highest BCUT2D eigenvalue weighted by molar-refractivity contribution is 7.87. The number of hydrogen-bond donors (Lipinski definition) is 0. The zero-order valence-corrected chi connectivity index (χ0v) is 8.89. The van der Waals surface area contributed by atoms with Gasteiger partial charge < -0.3 is 0 Å². The molecule has 4 bridgehead atoms. The SMILES string of the molecule is O=S(=O)(F)C12CC3CC(CC(C3)C1)C2. The Labute approximate surface area is 84.1 Å². The number of hydrogen-bond acceptors (Lipinski definition) is 2. The molecule has 4 rings (SSSR count). The van der Waals surface area contributed by atoms with Gasteiger partial charge in [0.05, 0.1) is 0 Å². The Hall–Kier alpha value is -0.120. The molecule has 0 amide bonds. The molecule has 4 fully saturated rings. The third-order valence-electron chi connectivity index (χ3n) is 4.50. The first-order valence-corrected chi connectivity index (χ1v) is 6.81. The Balaban J connectivity index is 2.03. The van der Waals surface area contributed by atoms with Gasteiger partial charge in [-0.05, 0) is 56.3 Å². The van der Waals surface area contributed by atoms with Crippen molar-refractivity contribution in [2.45, 2.75) is 43.3 Å². The fourth-order valence-corrected chi connectivity index (χ4v) is 5.63. The van der Waals surface area contributed by atoms with Gasteiger partial charge in [-0.15, -0.1) is 3.89 Å². The molecule has 0 aromatic rings. The molecule has 0 unspecified atom stereocenters. The minimum Gasteiger partial charge on any atom is -0.194 e. The summed E-state index contributed by atoms with van der Waals surface area (Å²) in [4.78, 5) is 0. The molecule has 0 saturated heterocycles. The zero-order valence-electron chi connectivity index (χ0n) is 8.08. The highest BCUT2D eigenvalue weighted by atomic mass is 32.3. The van der Waals surface area contributed by atoms with Crippen molar-refractivity contribution in [3.63, 3.8) is 0 Å². The van der Waals surface area contributed by atoms with Crippen molar-refractivity contribution >= 4 is 10.2 Å². The highest BCUT2D eigenvalue weighted by Gasteiger charge is 2.57. The van der Waals surface area contributed by atoms with E-state index in [0.29, 0.717) is 37.0 Å². The lowest BCUT2D eigenvalue weighted by Crippen LogP contribution is -2.53. The lowest BCUT2D eigenvalue weighted by molar-refractivity contribution is 0.0319. The molecular formula is C10H15FO2S. The van der Waals surface area contributed by atoms with Gasteiger partial charge in [-0.2, -0.15) is 8.42 Å². The van der Waals surface area contributed by atoms with Crippen molar-refractivity contribution in [3.8, 4) is 0 Å². The van der Waals surface area contributed by atoms with Gasteiger partial charge in [-0.25, -0.2) is 0 Å². The Kier molecular flexibility index (Phi) is 1.64. The van der Waals surface area contributed by atoms with E-state index in [2.05, 4.69) is 0 Å². The summed E-state index contributed by atoms with van der Waals surface area (Å²) in [5, 5.41) is 0. The third kappa shape index (κ3) is 1.09. The maximum atomic E-state index is 13.3. The van der Waals surface area contributed by atoms with E-state index < -0.39 is 15.0 Å². The van der Waals surface area contributed by atoms with Crippen LogP contribution in [-0.2, 0) is 10.2 Å². The van der Waals surface area contributed by atoms with E-state index in [1.165, 1.54) is 0 Å². The summed E-state index contributed by atoms with van der Waals surface area (Å²) in [6.45, 7) is 0. The Bertz CT molecular complexity index is 325. The van der Waals surface area contributed by atoms with Gasteiger partial charge in [0.1, 0.15) is 4.75 Å². The number of halogens is 1. The zero-order chi connectivity index (χ0) is 9.97. The standard InChI is InChI=1S/C10H15FO2S/c11-14(12,13)10-4-7-1-8(5-10)3-9(2-7)6-10/h7-9H,1-6H2. The molecule has 4 aliphatic rings. The Morgan fingerprint density at radius 3 is 1.57 bits per heavy atom. The van der Waals surface area contributed by atoms with Gasteiger partial charge in [0, 0.05) is 0 Å². The quantitative estimate of drug-likeness (QED) is 0.633. The smallest absolute Gasteiger partial charge is 0.194 e. The van der Waals surface area contributed by atoms with Gasteiger partial charge in [0.25, 0.3) is 0 Å². The fourth-order valence-electron chi connectivity index (χ4n) is 4.33. The lowest BCUT2D eigenvalue weighted by Gasteiger charge is -2.54. The van der Waals surface area contributed by atoms with E-state index in [1.807, 2.05) is 0 Å². The van der Waals surface area contributed by atoms with Gasteiger partial charge in [-0.3, -0.25) is 0 Å². The van der Waals surface area contributed by atoms with E-state index in [0.717, 1.165) is 19.3 Å². The van der Waals surface area contributed by atoms with Crippen molar-refractivity contribution < 1.29 is 12.3 Å². The van der Waals surface area contributed by atoms with Crippen molar-refractivity contribution in [2.75, 3.05) is 0 Å². The molecule has 0 aromatic carbocycles. The van der Waals surface area contributed by atoms with Crippen LogP contribution in [0.4, 0.5) is 3.89 Å². The van der Waals surface area contributed by atoms with Crippen LogP contribution in [0.3, 0.4) is 0 Å². The van der Waals surface area contributed by atoms with Crippen LogP contribution in [0.25, 0.3) is 0 Å². The average Bonchev–Trinajstić information content (AvgIpc) is 1.98. The summed E-state index contributed by atoms with van der Waals surface area (Å²) in [7, 11) is -4.32. The normalized spacial score (nSPS) is 51.1. The predicted octanol–water partition coefficient (Wildman–Crippen LogP) is 2.25. The van der Waals surface area contributed by atoms with E-state index in [1.54, 1.807) is 0 Å². The molecule has 0 atom stereocenters. The van der Waals surface area contributed by atoms with E-state index in [9.17, 15) is 12.3 Å². The molecule has 2 nitrogen and oxygen atoms in total. The predicted molar refractivity (Wildman–Crippen MR) is 50.9 cm³/mol. The van der Waals surface area contributed by atoms with Crippen molar-refractivity contribution in [3.05, 3.63) is 0 Å². The maximum Gasteiger partial charge on any atom is 0.308 e. The summed E-state index contributed by atoms with van der Waals surface area (Å²) >= 11 is 0. The second-order valence-electron chi connectivity index (χ2n) is 5.54. The van der Waals surface area contributed by atoms with Crippen molar-refractivity contribution in [2.24, 2.45) is 17.8 Å². The van der Waals surface area contributed by atoms with Gasteiger partial charge >= 0.3 is 10.2 Å². The summed E-state index contributed by atoms with van der Waals surface area (Å²) in [6.07, 6.45) is 5.23. The van der Waals surface area contributed by atoms with Gasteiger partial charge in [0.15, 0.2) is 0 Å². The van der Waals surface area contributed by atoms with Crippen molar-refractivity contribution in [1.82, 2.24) is 0 Å². The second kappa shape index (κ2) is 2.52. The minimum atomic E-state index is -4.32. The van der Waals surface area contributed by atoms with Crippen LogP contribution in [-0.4, -0.2) is 13.2 Å². The van der Waals surface area contributed by atoms with E-state index >= 15 is 0 Å². The van der Waals surface area contributed by atoms with Crippen LogP contribution >= 0.6 is 0 Å². The molecule has 14 heavy (non-hydrogen) atoms. The molecule has 0 heterocycles.